The SMILES string of the molecule is CC1(C(=O)O)CC2C(=O)NC1c1ccccc12.CC1(C(=O)O)CC2NC(=O)C1c1ccccc12.CCOC(=O)C1(C)CC2C(=O)NC1c1ccccc12.CCOC(=O)C1(C)CC2NC(=O)C1c1ccccc12.[B].[Li+].[OH-]. The number of benzene rings is 4. The predicted octanol–water partition coefficient (Wildman–Crippen LogP) is 3.15. The number of esters is 2. The van der Waals surface area contributed by atoms with Crippen molar-refractivity contribution in [2.24, 2.45) is 21.7 Å². The van der Waals surface area contributed by atoms with Crippen LogP contribution in [0.5, 0.6) is 0 Å². The number of hydrogen-bond acceptors (Lipinski definition) is 11. The van der Waals surface area contributed by atoms with Gasteiger partial charge >= 0.3 is 42.7 Å². The van der Waals surface area contributed by atoms with Crippen molar-refractivity contribution in [3.05, 3.63) is 142 Å². The number of carboxylic acids is 2. The van der Waals surface area contributed by atoms with Crippen LogP contribution in [0.15, 0.2) is 97.1 Å². The van der Waals surface area contributed by atoms with E-state index < -0.39 is 51.5 Å². The van der Waals surface area contributed by atoms with E-state index in [-0.39, 0.29) is 98.3 Å². The quantitative estimate of drug-likeness (QED) is 0.120. The van der Waals surface area contributed by atoms with Crippen molar-refractivity contribution >= 4 is 55.9 Å². The fourth-order valence-corrected chi connectivity index (χ4v) is 12.8. The maximum atomic E-state index is 12.3. The molecule has 12 aliphatic rings. The minimum absolute atomic E-state index is 0. The van der Waals surface area contributed by atoms with Gasteiger partial charge in [-0.05, 0) is 112 Å². The second-order valence-electron chi connectivity index (χ2n) is 21.0. The van der Waals surface area contributed by atoms with E-state index in [4.69, 9.17) is 9.47 Å². The number of ether oxygens (including phenoxy) is 2. The van der Waals surface area contributed by atoms with E-state index >= 15 is 0 Å². The Hall–Kier alpha value is -6.74. The average Bonchev–Trinajstić information content (AvgIpc) is 3.36. The van der Waals surface area contributed by atoms with Gasteiger partial charge in [0.15, 0.2) is 0 Å². The van der Waals surface area contributed by atoms with Crippen LogP contribution in [0.3, 0.4) is 0 Å². The molecule has 4 amide bonds. The average molecular weight is 1020 g/mol. The molecule has 387 valence electrons. The Labute approximate surface area is 449 Å². The molecule has 3 radical (unpaired) electrons. The molecule has 4 saturated heterocycles. The molecule has 16 rings (SSSR count). The van der Waals surface area contributed by atoms with Crippen LogP contribution in [0.2, 0.25) is 0 Å². The fourth-order valence-electron chi connectivity index (χ4n) is 12.8. The minimum atomic E-state index is -0.985. The molecule has 4 aromatic rings. The molecule has 0 spiro atoms. The third kappa shape index (κ3) is 9.33. The van der Waals surface area contributed by atoms with Crippen LogP contribution < -0.4 is 40.1 Å². The van der Waals surface area contributed by atoms with Crippen molar-refractivity contribution < 1.29 is 82.4 Å². The van der Waals surface area contributed by atoms with Gasteiger partial charge in [-0.15, -0.1) is 0 Å². The maximum absolute atomic E-state index is 12.3. The predicted molar refractivity (Wildman–Crippen MR) is 267 cm³/mol. The fraction of sp³-hybridized carbons (Fsp3) is 0.429. The van der Waals surface area contributed by atoms with Crippen LogP contribution in [-0.4, -0.2) is 84.8 Å². The van der Waals surface area contributed by atoms with Gasteiger partial charge in [0.2, 0.25) is 23.6 Å². The summed E-state index contributed by atoms with van der Waals surface area (Å²) in [4.78, 5) is 95.4. The van der Waals surface area contributed by atoms with E-state index in [0.29, 0.717) is 38.9 Å². The van der Waals surface area contributed by atoms with Gasteiger partial charge in [0.25, 0.3) is 0 Å². The molecule has 19 heteroatoms. The van der Waals surface area contributed by atoms with E-state index in [1.54, 1.807) is 27.7 Å². The number of aliphatic carboxylic acids is 2. The molecule has 8 bridgehead atoms. The first kappa shape index (κ1) is 57.5. The van der Waals surface area contributed by atoms with E-state index in [1.165, 1.54) is 0 Å². The summed E-state index contributed by atoms with van der Waals surface area (Å²) in [6.07, 6.45) is 1.99. The number of fused-ring (bicyclic) bond motifs is 8. The zero-order valence-corrected chi connectivity index (χ0v) is 43.1. The van der Waals surface area contributed by atoms with Crippen LogP contribution in [0, 0.1) is 21.7 Å². The number of piperidine rings is 4. The number of carbonyl (C=O) groups is 8. The molecule has 0 saturated carbocycles. The number of hydrogen-bond donors (Lipinski definition) is 6. The second kappa shape index (κ2) is 21.5. The number of carboxylic acid groups (broad SMARTS) is 2. The van der Waals surface area contributed by atoms with Crippen molar-refractivity contribution in [1.29, 1.82) is 0 Å². The van der Waals surface area contributed by atoms with E-state index in [2.05, 4.69) is 21.3 Å². The smallest absolute Gasteiger partial charge is 0.870 e. The molecule has 4 aromatic carbocycles. The van der Waals surface area contributed by atoms with Crippen molar-refractivity contribution in [1.82, 2.24) is 21.3 Å². The van der Waals surface area contributed by atoms with E-state index in [1.807, 2.05) is 111 Å². The van der Waals surface area contributed by atoms with Crippen molar-refractivity contribution in [3.63, 3.8) is 0 Å². The third-order valence-electron chi connectivity index (χ3n) is 16.6. The van der Waals surface area contributed by atoms with Gasteiger partial charge in [0.1, 0.15) is 0 Å². The van der Waals surface area contributed by atoms with Gasteiger partial charge in [-0.25, -0.2) is 0 Å². The number of amides is 4. The van der Waals surface area contributed by atoms with Gasteiger partial charge < -0.3 is 46.4 Å². The second-order valence-corrected chi connectivity index (χ2v) is 21.0. The van der Waals surface area contributed by atoms with E-state index in [0.717, 1.165) is 44.5 Å². The summed E-state index contributed by atoms with van der Waals surface area (Å²) < 4.78 is 10.4. The topological polar surface area (TPSA) is 274 Å². The molecule has 12 atom stereocenters. The number of rotatable bonds is 6. The Morgan fingerprint density at radius 2 is 0.787 bits per heavy atom. The first-order valence-electron chi connectivity index (χ1n) is 24.6. The zero-order valence-electron chi connectivity index (χ0n) is 43.1. The van der Waals surface area contributed by atoms with Crippen LogP contribution in [0.1, 0.15) is 160 Å². The zero-order chi connectivity index (χ0) is 51.7. The van der Waals surface area contributed by atoms with Crippen LogP contribution in [0.4, 0.5) is 0 Å². The van der Waals surface area contributed by atoms with Crippen LogP contribution in [-0.2, 0) is 47.8 Å². The summed E-state index contributed by atoms with van der Waals surface area (Å²) in [5.74, 6) is -4.05. The van der Waals surface area contributed by atoms with Crippen molar-refractivity contribution in [2.75, 3.05) is 13.2 Å². The summed E-state index contributed by atoms with van der Waals surface area (Å²) in [6, 6.07) is 30.0. The Balaban J connectivity index is 0.000000161. The summed E-state index contributed by atoms with van der Waals surface area (Å²) >= 11 is 0. The normalized spacial score (nSPS) is 31.4. The van der Waals surface area contributed by atoms with Gasteiger partial charge in [-0.1, -0.05) is 97.1 Å². The largest absolute Gasteiger partial charge is 1.00 e. The molecule has 75 heavy (non-hydrogen) atoms. The van der Waals surface area contributed by atoms with Crippen LogP contribution in [0.25, 0.3) is 0 Å². The van der Waals surface area contributed by atoms with E-state index in [9.17, 15) is 48.6 Å². The third-order valence-corrected chi connectivity index (χ3v) is 16.6. The van der Waals surface area contributed by atoms with Gasteiger partial charge in [-0.3, -0.25) is 38.4 Å². The van der Waals surface area contributed by atoms with Gasteiger partial charge in [0, 0.05) is 8.41 Å². The Morgan fingerprint density at radius 1 is 0.467 bits per heavy atom. The molecule has 17 nitrogen and oxygen atoms in total. The van der Waals surface area contributed by atoms with Gasteiger partial charge in [-0.2, -0.15) is 0 Å². The standard InChI is InChI=1S/2C15H17NO3.2C13H13NO3.B.Li.H2O/c1-3-19-14(18)15(2)8-11-9-6-4-5-7-10(9)12(15)13(17)16-11;1-3-19-14(18)15(2)8-11-9-6-4-5-7-10(9)12(15)16-13(11)17;1-13(12(16)17)6-9-7-4-2-3-5-8(7)10(13)11(15)14-9;1-13(12(16)17)6-9-7-4-2-3-5-8(7)10(13)14-11(9)15;;;/h2*4-7,11-12H,3,8H2,1-2H3,(H,16,17);2*2-5,9-10H,6H2,1H3,(H,14,15)(H,16,17);;;1H2/q;;;;;+1;/p-1. The summed E-state index contributed by atoms with van der Waals surface area (Å²) in [6.45, 7) is 11.4. The molecular weight excluding hydrogens is 954 g/mol. The first-order valence-corrected chi connectivity index (χ1v) is 24.6. The van der Waals surface area contributed by atoms with Gasteiger partial charge in [0.05, 0.1) is 82.7 Å². The number of nitrogens with one attached hydrogen (secondary N) is 4. The summed E-state index contributed by atoms with van der Waals surface area (Å²) in [7, 11) is 0. The molecule has 0 aromatic heterocycles. The minimum Gasteiger partial charge on any atom is -0.870 e. The molecule has 12 unspecified atom stereocenters. The molecule has 7 N–H and O–H groups in total. The maximum Gasteiger partial charge on any atom is 1.00 e. The monoisotopic (exact) mass is 1020 g/mol. The first-order chi connectivity index (χ1) is 34.2. The Morgan fingerprint density at radius 3 is 1.19 bits per heavy atom. The van der Waals surface area contributed by atoms with Crippen molar-refractivity contribution in [3.8, 4) is 0 Å². The molecule has 8 aliphatic heterocycles. The summed E-state index contributed by atoms with van der Waals surface area (Å²) in [5, 5.41) is 30.4. The Bertz CT molecular complexity index is 2960. The Kier molecular flexibility index (Phi) is 16.5. The molecule has 4 aliphatic carbocycles. The van der Waals surface area contributed by atoms with Crippen molar-refractivity contribution in [2.45, 2.75) is 115 Å². The number of carbonyl (C=O) groups excluding carboxylic acids is 6. The molecule has 8 heterocycles. The molecular formula is C56H61BLiN4O13. The molecule has 4 fully saturated rings. The van der Waals surface area contributed by atoms with Crippen LogP contribution >= 0.6 is 0 Å². The summed E-state index contributed by atoms with van der Waals surface area (Å²) in [5.41, 5.74) is 4.79.